The molecule has 1 aliphatic heterocycles. The van der Waals surface area contributed by atoms with Gasteiger partial charge in [-0.05, 0) is 25.3 Å². The zero-order valence-electron chi connectivity index (χ0n) is 10.7. The van der Waals surface area contributed by atoms with Crippen LogP contribution in [0, 0.1) is 0 Å². The van der Waals surface area contributed by atoms with Crippen LogP contribution in [0.5, 0.6) is 0 Å². The molecule has 18 heavy (non-hydrogen) atoms. The van der Waals surface area contributed by atoms with E-state index in [1.54, 1.807) is 4.90 Å². The minimum Gasteiger partial charge on any atom is -0.390 e. The Morgan fingerprint density at radius 3 is 2.44 bits per heavy atom. The summed E-state index contributed by atoms with van der Waals surface area (Å²) < 4.78 is 0. The summed E-state index contributed by atoms with van der Waals surface area (Å²) in [5, 5.41) is 9.86. The molecule has 0 aromatic heterocycles. The third-order valence-electron chi connectivity index (χ3n) is 3.58. The molecule has 1 heterocycles. The average Bonchev–Trinajstić information content (AvgIpc) is 2.38. The van der Waals surface area contributed by atoms with E-state index in [0.29, 0.717) is 25.9 Å². The number of hydrogen-bond donors (Lipinski definition) is 2. The van der Waals surface area contributed by atoms with Crippen LogP contribution in [0.15, 0.2) is 30.3 Å². The highest BCUT2D eigenvalue weighted by atomic mass is 16.3. The predicted octanol–water partition coefficient (Wildman–Crippen LogP) is 1.06. The summed E-state index contributed by atoms with van der Waals surface area (Å²) in [6, 6.07) is 8.78. The second kappa shape index (κ2) is 5.08. The van der Waals surface area contributed by atoms with Crippen LogP contribution in [0.4, 0.5) is 0 Å². The molecule has 0 bridgehead atoms. The van der Waals surface area contributed by atoms with Gasteiger partial charge in [0.15, 0.2) is 0 Å². The van der Waals surface area contributed by atoms with Crippen LogP contribution in [0.2, 0.25) is 0 Å². The van der Waals surface area contributed by atoms with Gasteiger partial charge in [0.05, 0.1) is 5.60 Å². The second-order valence-electron chi connectivity index (χ2n) is 5.21. The Bertz CT molecular complexity index is 407. The highest BCUT2D eigenvalue weighted by Gasteiger charge is 2.31. The van der Waals surface area contributed by atoms with Crippen LogP contribution >= 0.6 is 0 Å². The van der Waals surface area contributed by atoms with E-state index in [2.05, 4.69) is 0 Å². The topological polar surface area (TPSA) is 66.6 Å². The third kappa shape index (κ3) is 2.89. The standard InChI is InChI=1S/C14H20N2O2/c1-14(18)7-9-16(10-8-14)13(17)12(15)11-5-3-2-4-6-11/h2-6,12,18H,7-10,15H2,1H3/t12-/m0/s1. The van der Waals surface area contributed by atoms with Gasteiger partial charge in [-0.25, -0.2) is 0 Å². The fourth-order valence-corrected chi connectivity index (χ4v) is 2.21. The Kier molecular flexibility index (Phi) is 3.68. The Hall–Kier alpha value is -1.39. The molecule has 1 fully saturated rings. The molecule has 1 saturated heterocycles. The summed E-state index contributed by atoms with van der Waals surface area (Å²) in [5.74, 6) is -0.0586. The molecule has 0 unspecified atom stereocenters. The van der Waals surface area contributed by atoms with Crippen molar-refractivity contribution in [2.24, 2.45) is 5.73 Å². The molecule has 0 spiro atoms. The van der Waals surface area contributed by atoms with E-state index in [1.807, 2.05) is 37.3 Å². The molecule has 0 radical (unpaired) electrons. The summed E-state index contributed by atoms with van der Waals surface area (Å²) in [4.78, 5) is 14.0. The summed E-state index contributed by atoms with van der Waals surface area (Å²) in [6.07, 6.45) is 1.22. The van der Waals surface area contributed by atoms with Crippen molar-refractivity contribution in [1.82, 2.24) is 4.90 Å². The van der Waals surface area contributed by atoms with Crippen LogP contribution in [0.3, 0.4) is 0 Å². The minimum absolute atomic E-state index is 0.0586. The monoisotopic (exact) mass is 248 g/mol. The molecule has 1 aromatic carbocycles. The number of rotatable bonds is 2. The zero-order chi connectivity index (χ0) is 13.2. The van der Waals surface area contributed by atoms with Crippen molar-refractivity contribution < 1.29 is 9.90 Å². The maximum absolute atomic E-state index is 12.2. The predicted molar refractivity (Wildman–Crippen MR) is 69.8 cm³/mol. The third-order valence-corrected chi connectivity index (χ3v) is 3.58. The molecule has 1 atom stereocenters. The van der Waals surface area contributed by atoms with E-state index >= 15 is 0 Å². The molecular formula is C14H20N2O2. The Morgan fingerprint density at radius 1 is 1.33 bits per heavy atom. The molecule has 1 aromatic rings. The van der Waals surface area contributed by atoms with Gasteiger partial charge >= 0.3 is 0 Å². The van der Waals surface area contributed by atoms with Gasteiger partial charge in [0.2, 0.25) is 5.91 Å². The molecule has 0 aliphatic carbocycles. The number of hydrogen-bond acceptors (Lipinski definition) is 3. The van der Waals surface area contributed by atoms with E-state index in [-0.39, 0.29) is 5.91 Å². The molecule has 1 aliphatic rings. The Labute approximate surface area is 107 Å². The molecule has 3 N–H and O–H groups in total. The van der Waals surface area contributed by atoms with Crippen molar-refractivity contribution in [3.8, 4) is 0 Å². The van der Waals surface area contributed by atoms with Gasteiger partial charge in [0.1, 0.15) is 6.04 Å². The lowest BCUT2D eigenvalue weighted by atomic mass is 9.93. The first-order valence-electron chi connectivity index (χ1n) is 6.31. The number of aliphatic hydroxyl groups is 1. The summed E-state index contributed by atoms with van der Waals surface area (Å²) in [5.41, 5.74) is 6.17. The van der Waals surface area contributed by atoms with E-state index < -0.39 is 11.6 Å². The maximum atomic E-state index is 12.2. The zero-order valence-corrected chi connectivity index (χ0v) is 10.7. The van der Waals surface area contributed by atoms with Crippen molar-refractivity contribution in [2.75, 3.05) is 13.1 Å². The lowest BCUT2D eigenvalue weighted by Crippen LogP contribution is -2.47. The number of benzene rings is 1. The first kappa shape index (κ1) is 13.1. The number of amides is 1. The number of carbonyl (C=O) groups is 1. The van der Waals surface area contributed by atoms with Crippen molar-refractivity contribution in [3.63, 3.8) is 0 Å². The molecule has 4 heteroatoms. The van der Waals surface area contributed by atoms with Crippen molar-refractivity contribution in [1.29, 1.82) is 0 Å². The average molecular weight is 248 g/mol. The van der Waals surface area contributed by atoms with Crippen molar-refractivity contribution >= 4 is 5.91 Å². The smallest absolute Gasteiger partial charge is 0.244 e. The highest BCUT2D eigenvalue weighted by Crippen LogP contribution is 2.23. The van der Waals surface area contributed by atoms with E-state index in [4.69, 9.17) is 5.73 Å². The maximum Gasteiger partial charge on any atom is 0.244 e. The van der Waals surface area contributed by atoms with Crippen LogP contribution in [-0.2, 0) is 4.79 Å². The summed E-state index contributed by atoms with van der Waals surface area (Å²) >= 11 is 0. The molecule has 2 rings (SSSR count). The molecule has 1 amide bonds. The van der Waals surface area contributed by atoms with E-state index in [0.717, 1.165) is 5.56 Å². The number of nitrogens with zero attached hydrogens (tertiary/aromatic N) is 1. The number of nitrogens with two attached hydrogens (primary N) is 1. The molecule has 4 nitrogen and oxygen atoms in total. The number of likely N-dealkylation sites (tertiary alicyclic amines) is 1. The summed E-state index contributed by atoms with van der Waals surface area (Å²) in [6.45, 7) is 2.96. The van der Waals surface area contributed by atoms with Crippen LogP contribution in [-0.4, -0.2) is 34.6 Å². The van der Waals surface area contributed by atoms with Crippen LogP contribution < -0.4 is 5.73 Å². The fourth-order valence-electron chi connectivity index (χ4n) is 2.21. The van der Waals surface area contributed by atoms with Crippen molar-refractivity contribution in [2.45, 2.75) is 31.4 Å². The fraction of sp³-hybridized carbons (Fsp3) is 0.500. The Balaban J connectivity index is 2.00. The van der Waals surface area contributed by atoms with Gasteiger partial charge in [0.25, 0.3) is 0 Å². The number of piperidine rings is 1. The number of carbonyl (C=O) groups excluding carboxylic acids is 1. The van der Waals surface area contributed by atoms with E-state index in [1.165, 1.54) is 0 Å². The normalized spacial score (nSPS) is 20.5. The van der Waals surface area contributed by atoms with Gasteiger partial charge < -0.3 is 15.7 Å². The van der Waals surface area contributed by atoms with Gasteiger partial charge in [-0.2, -0.15) is 0 Å². The van der Waals surface area contributed by atoms with Gasteiger partial charge in [-0.3, -0.25) is 4.79 Å². The van der Waals surface area contributed by atoms with Crippen molar-refractivity contribution in [3.05, 3.63) is 35.9 Å². The molecule has 98 valence electrons. The van der Waals surface area contributed by atoms with Crippen LogP contribution in [0.25, 0.3) is 0 Å². The van der Waals surface area contributed by atoms with Gasteiger partial charge in [-0.1, -0.05) is 30.3 Å². The minimum atomic E-state index is -0.645. The first-order valence-corrected chi connectivity index (χ1v) is 6.31. The van der Waals surface area contributed by atoms with Gasteiger partial charge in [-0.15, -0.1) is 0 Å². The van der Waals surface area contributed by atoms with Gasteiger partial charge in [0, 0.05) is 13.1 Å². The van der Waals surface area contributed by atoms with Crippen LogP contribution in [0.1, 0.15) is 31.4 Å². The quantitative estimate of drug-likeness (QED) is 0.822. The molecular weight excluding hydrogens is 228 g/mol. The SMILES string of the molecule is CC1(O)CCN(C(=O)[C@@H](N)c2ccccc2)CC1. The largest absolute Gasteiger partial charge is 0.390 e. The lowest BCUT2D eigenvalue weighted by molar-refractivity contribution is -0.136. The molecule has 0 saturated carbocycles. The highest BCUT2D eigenvalue weighted by molar-refractivity contribution is 5.83. The Morgan fingerprint density at radius 2 is 1.89 bits per heavy atom. The lowest BCUT2D eigenvalue weighted by Gasteiger charge is -2.36. The first-order chi connectivity index (χ1) is 8.49. The second-order valence-corrected chi connectivity index (χ2v) is 5.21. The van der Waals surface area contributed by atoms with E-state index in [9.17, 15) is 9.90 Å². The summed E-state index contributed by atoms with van der Waals surface area (Å²) in [7, 11) is 0.